The SMILES string of the molecule is O=C(O)c1nnn2cccc(-c3ccc([N+](=O)[O-])cc3)c12. The van der Waals surface area contributed by atoms with Gasteiger partial charge in [-0.05, 0) is 23.8 Å². The third-order valence-electron chi connectivity index (χ3n) is 3.03. The van der Waals surface area contributed by atoms with E-state index in [1.807, 2.05) is 0 Å². The van der Waals surface area contributed by atoms with Crippen molar-refractivity contribution in [2.45, 2.75) is 0 Å². The predicted octanol–water partition coefficient (Wildman–Crippen LogP) is 2.00. The van der Waals surface area contributed by atoms with E-state index >= 15 is 0 Å². The Labute approximate surface area is 117 Å². The van der Waals surface area contributed by atoms with Crippen LogP contribution < -0.4 is 0 Å². The number of benzene rings is 1. The largest absolute Gasteiger partial charge is 0.476 e. The molecule has 1 aromatic carbocycles. The van der Waals surface area contributed by atoms with E-state index in [4.69, 9.17) is 5.11 Å². The Kier molecular flexibility index (Phi) is 2.83. The van der Waals surface area contributed by atoms with Crippen LogP contribution in [0.2, 0.25) is 0 Å². The zero-order valence-corrected chi connectivity index (χ0v) is 10.5. The smallest absolute Gasteiger partial charge is 0.358 e. The molecule has 0 saturated heterocycles. The first-order valence-corrected chi connectivity index (χ1v) is 5.90. The van der Waals surface area contributed by atoms with Crippen molar-refractivity contribution in [3.8, 4) is 11.1 Å². The highest BCUT2D eigenvalue weighted by Crippen LogP contribution is 2.27. The minimum Gasteiger partial charge on any atom is -0.476 e. The third kappa shape index (κ3) is 2.08. The Morgan fingerprint density at radius 1 is 1.24 bits per heavy atom. The van der Waals surface area contributed by atoms with Gasteiger partial charge in [-0.3, -0.25) is 10.1 Å². The maximum absolute atomic E-state index is 11.2. The van der Waals surface area contributed by atoms with Crippen molar-refractivity contribution in [2.24, 2.45) is 0 Å². The lowest BCUT2D eigenvalue weighted by Gasteiger charge is -2.04. The molecule has 0 amide bonds. The van der Waals surface area contributed by atoms with Crippen LogP contribution in [0.4, 0.5) is 5.69 Å². The lowest BCUT2D eigenvalue weighted by molar-refractivity contribution is -0.384. The predicted molar refractivity (Wildman–Crippen MR) is 72.0 cm³/mol. The van der Waals surface area contributed by atoms with Crippen LogP contribution in [0, 0.1) is 10.1 Å². The summed E-state index contributed by atoms with van der Waals surface area (Å²) in [5.74, 6) is -1.18. The first-order chi connectivity index (χ1) is 10.1. The fraction of sp³-hybridized carbons (Fsp3) is 0. The zero-order chi connectivity index (χ0) is 15.0. The summed E-state index contributed by atoms with van der Waals surface area (Å²) in [7, 11) is 0. The summed E-state index contributed by atoms with van der Waals surface area (Å²) in [5, 5.41) is 27.2. The molecule has 8 nitrogen and oxygen atoms in total. The number of nitro groups is 1. The van der Waals surface area contributed by atoms with Crippen molar-refractivity contribution in [3.05, 3.63) is 58.4 Å². The van der Waals surface area contributed by atoms with Gasteiger partial charge in [-0.25, -0.2) is 9.31 Å². The molecule has 0 aliphatic rings. The topological polar surface area (TPSA) is 111 Å². The van der Waals surface area contributed by atoms with Crippen LogP contribution >= 0.6 is 0 Å². The third-order valence-corrected chi connectivity index (χ3v) is 3.03. The van der Waals surface area contributed by atoms with E-state index in [9.17, 15) is 14.9 Å². The Bertz CT molecular complexity index is 854. The van der Waals surface area contributed by atoms with Gasteiger partial charge in [-0.2, -0.15) is 0 Å². The summed E-state index contributed by atoms with van der Waals surface area (Å²) in [6.45, 7) is 0. The maximum atomic E-state index is 11.2. The highest BCUT2D eigenvalue weighted by Gasteiger charge is 2.18. The summed E-state index contributed by atoms with van der Waals surface area (Å²) in [6, 6.07) is 9.26. The average Bonchev–Trinajstić information content (AvgIpc) is 2.91. The Hall–Kier alpha value is -3.29. The number of nitro benzene ring substituents is 1. The number of aromatic nitrogens is 3. The minimum absolute atomic E-state index is 0.0317. The van der Waals surface area contributed by atoms with E-state index in [1.165, 1.54) is 16.6 Å². The van der Waals surface area contributed by atoms with Gasteiger partial charge in [0.25, 0.3) is 5.69 Å². The summed E-state index contributed by atoms with van der Waals surface area (Å²) >= 11 is 0. The van der Waals surface area contributed by atoms with Crippen molar-refractivity contribution in [3.63, 3.8) is 0 Å². The van der Waals surface area contributed by atoms with Gasteiger partial charge in [-0.15, -0.1) is 5.10 Å². The van der Waals surface area contributed by atoms with E-state index in [1.54, 1.807) is 30.5 Å². The molecule has 2 heterocycles. The van der Waals surface area contributed by atoms with Crippen LogP contribution in [0.15, 0.2) is 42.6 Å². The fourth-order valence-electron chi connectivity index (χ4n) is 2.09. The number of hydrogen-bond donors (Lipinski definition) is 1. The molecule has 3 aromatic rings. The molecule has 0 aliphatic carbocycles. The van der Waals surface area contributed by atoms with Crippen LogP contribution in [0.1, 0.15) is 10.5 Å². The van der Waals surface area contributed by atoms with Crippen LogP contribution in [0.3, 0.4) is 0 Å². The highest BCUT2D eigenvalue weighted by atomic mass is 16.6. The number of rotatable bonds is 3. The molecule has 0 atom stereocenters. The highest BCUT2D eigenvalue weighted by molar-refractivity contribution is 5.98. The second-order valence-corrected chi connectivity index (χ2v) is 4.26. The molecule has 1 N–H and O–H groups in total. The van der Waals surface area contributed by atoms with Gasteiger partial charge in [-0.1, -0.05) is 11.3 Å². The number of non-ortho nitro benzene ring substituents is 1. The Balaban J connectivity index is 2.22. The second kappa shape index (κ2) is 4.67. The normalized spacial score (nSPS) is 10.7. The first-order valence-electron chi connectivity index (χ1n) is 5.90. The van der Waals surface area contributed by atoms with Gasteiger partial charge in [0, 0.05) is 23.9 Å². The van der Waals surface area contributed by atoms with E-state index in [-0.39, 0.29) is 11.4 Å². The van der Waals surface area contributed by atoms with Crippen molar-refractivity contribution in [1.82, 2.24) is 14.8 Å². The quantitative estimate of drug-likeness (QED) is 0.581. The van der Waals surface area contributed by atoms with Gasteiger partial charge in [0.2, 0.25) is 0 Å². The van der Waals surface area contributed by atoms with E-state index in [0.29, 0.717) is 16.6 Å². The van der Waals surface area contributed by atoms with Crippen molar-refractivity contribution in [1.29, 1.82) is 0 Å². The van der Waals surface area contributed by atoms with E-state index in [2.05, 4.69) is 10.3 Å². The van der Waals surface area contributed by atoms with Gasteiger partial charge in [0.15, 0.2) is 5.69 Å². The Morgan fingerprint density at radius 2 is 1.95 bits per heavy atom. The number of fused-ring (bicyclic) bond motifs is 1. The number of pyridine rings is 1. The molecule has 3 rings (SSSR count). The van der Waals surface area contributed by atoms with Crippen LogP contribution in [0.5, 0.6) is 0 Å². The first kappa shape index (κ1) is 12.7. The Morgan fingerprint density at radius 3 is 2.57 bits per heavy atom. The molecule has 0 aliphatic heterocycles. The number of hydrogen-bond acceptors (Lipinski definition) is 5. The summed E-state index contributed by atoms with van der Waals surface area (Å²) in [4.78, 5) is 21.4. The lowest BCUT2D eigenvalue weighted by Crippen LogP contribution is -1.99. The molecule has 8 heteroatoms. The molecule has 0 fully saturated rings. The molecule has 0 radical (unpaired) electrons. The van der Waals surface area contributed by atoms with Crippen molar-refractivity contribution < 1.29 is 14.8 Å². The van der Waals surface area contributed by atoms with E-state index < -0.39 is 10.9 Å². The molecule has 21 heavy (non-hydrogen) atoms. The average molecular weight is 284 g/mol. The molecule has 0 bridgehead atoms. The van der Waals surface area contributed by atoms with Crippen LogP contribution in [0.25, 0.3) is 16.6 Å². The molecule has 2 aromatic heterocycles. The molecule has 0 saturated carbocycles. The number of nitrogens with zero attached hydrogens (tertiary/aromatic N) is 4. The molecular weight excluding hydrogens is 276 g/mol. The number of aromatic carboxylic acids is 1. The van der Waals surface area contributed by atoms with Gasteiger partial charge >= 0.3 is 5.97 Å². The van der Waals surface area contributed by atoms with Gasteiger partial charge in [0.1, 0.15) is 5.52 Å². The second-order valence-electron chi connectivity index (χ2n) is 4.26. The summed E-state index contributed by atoms with van der Waals surface area (Å²) in [5.41, 5.74) is 1.39. The van der Waals surface area contributed by atoms with Crippen LogP contribution in [-0.2, 0) is 0 Å². The lowest BCUT2D eigenvalue weighted by atomic mass is 10.0. The minimum atomic E-state index is -1.18. The summed E-state index contributed by atoms with van der Waals surface area (Å²) in [6.07, 6.45) is 1.59. The number of carbonyl (C=O) groups is 1. The fourth-order valence-corrected chi connectivity index (χ4v) is 2.09. The van der Waals surface area contributed by atoms with E-state index in [0.717, 1.165) is 0 Å². The van der Waals surface area contributed by atoms with Gasteiger partial charge < -0.3 is 5.11 Å². The summed E-state index contributed by atoms with van der Waals surface area (Å²) < 4.78 is 1.36. The van der Waals surface area contributed by atoms with Crippen molar-refractivity contribution in [2.75, 3.05) is 0 Å². The molecule has 104 valence electrons. The zero-order valence-electron chi connectivity index (χ0n) is 10.5. The van der Waals surface area contributed by atoms with Crippen molar-refractivity contribution >= 4 is 17.2 Å². The molecule has 0 spiro atoms. The van der Waals surface area contributed by atoms with Gasteiger partial charge in [0.05, 0.1) is 4.92 Å². The van der Waals surface area contributed by atoms with Crippen LogP contribution in [-0.4, -0.2) is 30.8 Å². The number of carboxylic acids is 1. The monoisotopic (exact) mass is 284 g/mol. The standard InChI is InChI=1S/C13H8N4O4/c18-13(19)11-12-10(2-1-7-16(12)15-14-11)8-3-5-9(6-4-8)17(20)21/h1-7H,(H,18,19). The molecular formula is C13H8N4O4. The number of carboxylic acid groups (broad SMARTS) is 1. The molecule has 0 unspecified atom stereocenters. The maximum Gasteiger partial charge on any atom is 0.358 e.